The number of hydrogen-bond donors (Lipinski definition) is 2. The van der Waals surface area contributed by atoms with Gasteiger partial charge in [-0.25, -0.2) is 9.36 Å². The number of hydrogen-bond acceptors (Lipinski definition) is 4. The molecule has 0 aliphatic rings. The Labute approximate surface area is 174 Å². The van der Waals surface area contributed by atoms with Gasteiger partial charge in [-0.05, 0) is 43.2 Å². The summed E-state index contributed by atoms with van der Waals surface area (Å²) in [7, 11) is 0. The smallest absolute Gasteiger partial charge is 0.335 e. The van der Waals surface area contributed by atoms with Crippen molar-refractivity contribution in [3.8, 4) is 11.6 Å². The second-order valence-corrected chi connectivity index (χ2v) is 7.35. The minimum absolute atomic E-state index is 0.174. The summed E-state index contributed by atoms with van der Waals surface area (Å²) in [5, 5.41) is 11.3. The van der Waals surface area contributed by atoms with Crippen LogP contribution in [0.1, 0.15) is 16.7 Å². The molecule has 9 heteroatoms. The molecule has 0 aliphatic heterocycles. The van der Waals surface area contributed by atoms with E-state index in [-0.39, 0.29) is 21.3 Å². The summed E-state index contributed by atoms with van der Waals surface area (Å²) in [6, 6.07) is 8.30. The maximum Gasteiger partial charge on any atom is 0.335 e. The quantitative estimate of drug-likeness (QED) is 0.588. The Morgan fingerprint density at radius 1 is 1.07 bits per heavy atom. The normalized spacial score (nSPS) is 11.3. The summed E-state index contributed by atoms with van der Waals surface area (Å²) in [5.74, 6) is -0.549. The van der Waals surface area contributed by atoms with Gasteiger partial charge in [0.05, 0.1) is 15.7 Å². The van der Waals surface area contributed by atoms with Crippen molar-refractivity contribution in [2.24, 2.45) is 4.99 Å². The Morgan fingerprint density at radius 2 is 1.71 bits per heavy atom. The van der Waals surface area contributed by atoms with Crippen molar-refractivity contribution < 1.29 is 5.11 Å². The van der Waals surface area contributed by atoms with Gasteiger partial charge >= 0.3 is 5.69 Å². The number of nitrogens with one attached hydrogen (secondary N) is 1. The van der Waals surface area contributed by atoms with Crippen LogP contribution in [0.3, 0.4) is 0 Å². The zero-order chi connectivity index (χ0) is 20.6. The van der Waals surface area contributed by atoms with E-state index in [0.717, 1.165) is 21.9 Å². The Bertz CT molecular complexity index is 1210. The second-order valence-electron chi connectivity index (χ2n) is 6.10. The molecule has 1 aromatic heterocycles. The molecule has 2 aromatic carbocycles. The largest absolute Gasteiger partial charge is 0.493 e. The van der Waals surface area contributed by atoms with Crippen molar-refractivity contribution in [1.29, 1.82) is 0 Å². The molecular formula is C19H14Cl3N3O3. The van der Waals surface area contributed by atoms with E-state index in [1.54, 1.807) is 13.0 Å². The summed E-state index contributed by atoms with van der Waals surface area (Å²) < 4.78 is 1.01. The zero-order valence-corrected chi connectivity index (χ0v) is 17.0. The van der Waals surface area contributed by atoms with Gasteiger partial charge in [-0.15, -0.1) is 0 Å². The molecule has 0 unspecified atom stereocenters. The minimum Gasteiger partial charge on any atom is -0.493 e. The van der Waals surface area contributed by atoms with Gasteiger partial charge in [-0.1, -0.05) is 46.9 Å². The number of aliphatic imine (C=N–C) groups is 1. The summed E-state index contributed by atoms with van der Waals surface area (Å²) in [6.45, 7) is 3.64. The van der Waals surface area contributed by atoms with Crippen LogP contribution in [0, 0.1) is 13.8 Å². The third-order valence-electron chi connectivity index (χ3n) is 4.03. The highest BCUT2D eigenvalue weighted by Crippen LogP contribution is 2.36. The maximum absolute atomic E-state index is 12.3. The standard InChI is InChI=1S/C19H14Cl3N3O3/c1-9-3-4-10(2)15(5-9)25-18(27)12(17(26)24-19(25)28)8-23-16-13(21)6-11(20)7-14(16)22/h3-8,27H,1-2H3,(H,24,26,28). The highest BCUT2D eigenvalue weighted by atomic mass is 35.5. The molecule has 0 saturated heterocycles. The molecular weight excluding hydrogens is 425 g/mol. The lowest BCUT2D eigenvalue weighted by atomic mass is 10.1. The number of aromatic amines is 1. The molecule has 0 amide bonds. The van der Waals surface area contributed by atoms with Gasteiger partial charge in [0.15, 0.2) is 0 Å². The molecule has 0 fully saturated rings. The predicted molar refractivity (Wildman–Crippen MR) is 113 cm³/mol. The average Bonchev–Trinajstić information content (AvgIpc) is 2.59. The third-order valence-corrected chi connectivity index (χ3v) is 4.83. The van der Waals surface area contributed by atoms with Crippen molar-refractivity contribution in [2.45, 2.75) is 13.8 Å². The lowest BCUT2D eigenvalue weighted by molar-refractivity contribution is 0.430. The van der Waals surface area contributed by atoms with Crippen LogP contribution < -0.4 is 11.2 Å². The molecule has 0 radical (unpaired) electrons. The lowest BCUT2D eigenvalue weighted by Crippen LogP contribution is -2.31. The molecule has 0 bridgehead atoms. The van der Waals surface area contributed by atoms with Gasteiger partial charge in [0, 0.05) is 11.2 Å². The molecule has 2 N–H and O–H groups in total. The number of rotatable bonds is 3. The van der Waals surface area contributed by atoms with Crippen LogP contribution in [-0.2, 0) is 0 Å². The van der Waals surface area contributed by atoms with Crippen LogP contribution >= 0.6 is 34.8 Å². The van der Waals surface area contributed by atoms with Crippen LogP contribution in [-0.4, -0.2) is 20.9 Å². The van der Waals surface area contributed by atoms with Crippen LogP contribution in [0.5, 0.6) is 5.88 Å². The molecule has 0 atom stereocenters. The third kappa shape index (κ3) is 3.85. The van der Waals surface area contributed by atoms with E-state index in [1.807, 2.05) is 19.1 Å². The molecule has 0 aliphatic carbocycles. The number of aromatic hydroxyl groups is 1. The van der Waals surface area contributed by atoms with Crippen molar-refractivity contribution >= 4 is 46.7 Å². The Morgan fingerprint density at radius 3 is 2.36 bits per heavy atom. The van der Waals surface area contributed by atoms with Crippen LogP contribution in [0.15, 0.2) is 44.9 Å². The highest BCUT2D eigenvalue weighted by molar-refractivity contribution is 6.41. The van der Waals surface area contributed by atoms with Crippen molar-refractivity contribution in [3.05, 3.63) is 82.9 Å². The first-order chi connectivity index (χ1) is 13.2. The first-order valence-corrected chi connectivity index (χ1v) is 9.17. The fraction of sp³-hybridized carbons (Fsp3) is 0.105. The Kier molecular flexibility index (Phi) is 5.65. The van der Waals surface area contributed by atoms with E-state index in [0.29, 0.717) is 10.7 Å². The predicted octanol–water partition coefficient (Wildman–Crippen LogP) is 4.56. The van der Waals surface area contributed by atoms with Crippen LogP contribution in [0.4, 0.5) is 5.69 Å². The van der Waals surface area contributed by atoms with Crippen LogP contribution in [0.2, 0.25) is 15.1 Å². The average molecular weight is 439 g/mol. The Hall–Kier alpha value is -2.54. The van der Waals surface area contributed by atoms with E-state index < -0.39 is 17.1 Å². The minimum atomic E-state index is -0.797. The molecule has 1 heterocycles. The van der Waals surface area contributed by atoms with E-state index in [1.165, 1.54) is 12.1 Å². The van der Waals surface area contributed by atoms with Crippen LogP contribution in [0.25, 0.3) is 5.69 Å². The lowest BCUT2D eigenvalue weighted by Gasteiger charge is -2.13. The molecule has 6 nitrogen and oxygen atoms in total. The van der Waals surface area contributed by atoms with Crippen molar-refractivity contribution in [2.75, 3.05) is 0 Å². The number of H-pyrrole nitrogens is 1. The van der Waals surface area contributed by atoms with E-state index in [2.05, 4.69) is 9.98 Å². The number of halogens is 3. The number of aromatic nitrogens is 2. The first kappa shape index (κ1) is 20.2. The SMILES string of the molecule is Cc1ccc(C)c(-n2c(O)c(C=Nc3c(Cl)cc(Cl)cc3Cl)c(=O)[nH]c2=O)c1. The number of aryl methyl sites for hydroxylation is 2. The van der Waals surface area contributed by atoms with Gasteiger partial charge in [-0.2, -0.15) is 0 Å². The molecule has 0 spiro atoms. The number of benzene rings is 2. The highest BCUT2D eigenvalue weighted by Gasteiger charge is 2.16. The summed E-state index contributed by atoms with van der Waals surface area (Å²) in [5.41, 5.74) is 0.453. The monoisotopic (exact) mass is 437 g/mol. The molecule has 0 saturated carbocycles. The number of nitrogens with zero attached hydrogens (tertiary/aromatic N) is 2. The second kappa shape index (κ2) is 7.83. The molecule has 3 aromatic rings. The van der Waals surface area contributed by atoms with Crippen molar-refractivity contribution in [3.63, 3.8) is 0 Å². The summed E-state index contributed by atoms with van der Waals surface area (Å²) in [6.07, 6.45) is 1.09. The fourth-order valence-electron chi connectivity index (χ4n) is 2.63. The Balaban J connectivity index is 2.20. The summed E-state index contributed by atoms with van der Waals surface area (Å²) >= 11 is 18.0. The van der Waals surface area contributed by atoms with Gasteiger partial charge in [-0.3, -0.25) is 14.8 Å². The van der Waals surface area contributed by atoms with Crippen molar-refractivity contribution in [1.82, 2.24) is 9.55 Å². The van der Waals surface area contributed by atoms with Gasteiger partial charge in [0.25, 0.3) is 5.56 Å². The van der Waals surface area contributed by atoms with E-state index in [4.69, 9.17) is 34.8 Å². The first-order valence-electron chi connectivity index (χ1n) is 8.03. The topological polar surface area (TPSA) is 87.4 Å². The molecule has 3 rings (SSSR count). The van der Waals surface area contributed by atoms with E-state index >= 15 is 0 Å². The van der Waals surface area contributed by atoms with E-state index in [9.17, 15) is 14.7 Å². The van der Waals surface area contributed by atoms with Gasteiger partial charge < -0.3 is 5.11 Å². The molecule has 28 heavy (non-hydrogen) atoms. The molecule has 144 valence electrons. The summed E-state index contributed by atoms with van der Waals surface area (Å²) in [4.78, 5) is 30.9. The fourth-order valence-corrected chi connectivity index (χ4v) is 3.54. The maximum atomic E-state index is 12.3. The zero-order valence-electron chi connectivity index (χ0n) is 14.8. The van der Waals surface area contributed by atoms with Gasteiger partial charge in [0.1, 0.15) is 11.3 Å². The van der Waals surface area contributed by atoms with Gasteiger partial charge in [0.2, 0.25) is 5.88 Å².